The number of nitrogens with zero attached hydrogens (tertiary/aromatic N) is 4. The molecule has 0 bridgehead atoms. The molecular weight excluding hydrogens is 892 g/mol. The summed E-state index contributed by atoms with van der Waals surface area (Å²) in [6, 6.07) is 28.3. The summed E-state index contributed by atoms with van der Waals surface area (Å²) in [5, 5.41) is 0. The minimum Gasteiger partial charge on any atom is -0.546 e. The van der Waals surface area contributed by atoms with E-state index in [2.05, 4.69) is 57.2 Å². The van der Waals surface area contributed by atoms with E-state index in [4.69, 9.17) is 23.4 Å². The number of ether oxygens (including phenoxy) is 1. The Labute approximate surface area is 370 Å². The average Bonchev–Trinajstić information content (AvgIpc) is 3.74. The number of aromatic nitrogens is 1. The molecule has 2 aliphatic heterocycles. The molecule has 0 fully saturated rings. The van der Waals surface area contributed by atoms with Gasteiger partial charge in [-0.2, -0.15) is 12.3 Å². The molecule has 7 aromatic rings. The Kier molecular flexibility index (Phi) is 8.16. The van der Waals surface area contributed by atoms with E-state index in [-0.39, 0.29) is 54.4 Å². The number of benzene rings is 6. The van der Waals surface area contributed by atoms with Crippen LogP contribution in [-0.4, -0.2) is 11.1 Å². The molecular formula is C52H43N4OPt-3. The van der Waals surface area contributed by atoms with Crippen molar-refractivity contribution in [2.75, 3.05) is 14.7 Å². The maximum Gasteiger partial charge on any atom is 0.134 e. The third kappa shape index (κ3) is 7.88. The van der Waals surface area contributed by atoms with Crippen molar-refractivity contribution in [1.29, 1.82) is 0 Å². The standard InChI is InChI=1S/C52H43N4O.Pt/c1-52(2,3)41-31-33-53-50(35-41)54-34-32-43(24-14-22-40-21-10-11-28-47(40)54)57-44-25-15-23-42(36-44)55-37-56(49-30-13-12-29-48(49)55)51-45(38-17-6-4-7-18-38)26-16-27-46(51)39-19-8-5-9-20-39;/h4-23,25-31,33-35,37,43H,24H2,1-3H3;/q-3;/b22-14+;/i4D,5D,6D,7D,8D,9D,17D,18D,19D,20D;. The molecule has 3 heterocycles. The molecule has 5 nitrogen and oxygen atoms in total. The minimum atomic E-state index is -0.562. The van der Waals surface area contributed by atoms with Crippen LogP contribution < -0.4 is 19.4 Å². The molecule has 9 rings (SSSR count). The molecule has 0 saturated heterocycles. The Morgan fingerprint density at radius 3 is 2.07 bits per heavy atom. The number of hydrogen-bond donors (Lipinski definition) is 0. The number of rotatable bonds is 7. The summed E-state index contributed by atoms with van der Waals surface area (Å²) in [5.74, 6) is 1.17. The minimum absolute atomic E-state index is 0. The number of anilines is 6. The van der Waals surface area contributed by atoms with Crippen molar-refractivity contribution in [3.63, 3.8) is 0 Å². The van der Waals surface area contributed by atoms with Gasteiger partial charge in [0.15, 0.2) is 0 Å². The Bertz CT molecular complexity index is 3030. The molecule has 1 unspecified atom stereocenters. The summed E-state index contributed by atoms with van der Waals surface area (Å²) >= 11 is 0. The molecule has 0 aliphatic carbocycles. The summed E-state index contributed by atoms with van der Waals surface area (Å²) in [6.45, 7) is 8.24. The van der Waals surface area contributed by atoms with E-state index in [1.54, 1.807) is 29.8 Å². The number of pyridine rings is 1. The van der Waals surface area contributed by atoms with Crippen LogP contribution in [0, 0.1) is 18.8 Å². The van der Waals surface area contributed by atoms with Gasteiger partial charge in [-0.1, -0.05) is 142 Å². The van der Waals surface area contributed by atoms with Gasteiger partial charge in [0.05, 0.1) is 19.4 Å². The first-order valence-corrected chi connectivity index (χ1v) is 18.6. The van der Waals surface area contributed by atoms with Crippen LogP contribution in [0.4, 0.5) is 34.3 Å². The monoisotopic (exact) mass is 944 g/mol. The van der Waals surface area contributed by atoms with Crippen LogP contribution in [0.3, 0.4) is 0 Å². The smallest absolute Gasteiger partial charge is 0.134 e. The SMILES string of the molecule is [2H]c1c([2H])c([2H])c(-c2cccc(-c3c([2H])c([2H])c([2H])c([2H])c3[2H])c2N2[CH-]N(c3[c-]c(OC4[C-]=CN(c5cc(C(C)(C)C)ccn5)c5ccccc5/C=C/C4)ccc3)c3ccccc32)c([2H])c1[2H].[Pt]. The maximum absolute atomic E-state index is 9.00. The van der Waals surface area contributed by atoms with Crippen molar-refractivity contribution >= 4 is 40.3 Å². The second-order valence-electron chi connectivity index (χ2n) is 14.6. The van der Waals surface area contributed by atoms with Gasteiger partial charge in [-0.3, -0.25) is 0 Å². The molecule has 1 atom stereocenters. The molecule has 6 aromatic carbocycles. The first-order chi connectivity index (χ1) is 32.0. The van der Waals surface area contributed by atoms with Crippen molar-refractivity contribution in [3.8, 4) is 28.0 Å². The average molecular weight is 945 g/mol. The Hall–Kier alpha value is -6.16. The normalized spacial score (nSPS) is 17.8. The molecule has 6 heteroatoms. The fraction of sp³-hybridized carbons (Fsp3) is 0.115. The summed E-state index contributed by atoms with van der Waals surface area (Å²) in [5.41, 5.74) is 5.19. The van der Waals surface area contributed by atoms with Crippen LogP contribution in [0.5, 0.6) is 5.75 Å². The predicted octanol–water partition coefficient (Wildman–Crippen LogP) is 13.2. The van der Waals surface area contributed by atoms with Gasteiger partial charge in [0.2, 0.25) is 0 Å². The summed E-state index contributed by atoms with van der Waals surface area (Å²) in [4.78, 5) is 10.4. The molecule has 0 N–H and O–H groups in total. The van der Waals surface area contributed by atoms with E-state index in [1.165, 1.54) is 0 Å². The summed E-state index contributed by atoms with van der Waals surface area (Å²) < 4.78 is 93.4. The molecule has 2 aliphatic rings. The number of para-hydroxylation sites is 4. The van der Waals surface area contributed by atoms with Gasteiger partial charge >= 0.3 is 0 Å². The molecule has 290 valence electrons. The van der Waals surface area contributed by atoms with Gasteiger partial charge in [-0.15, -0.1) is 30.6 Å². The van der Waals surface area contributed by atoms with Crippen LogP contribution in [0.2, 0.25) is 0 Å². The zero-order chi connectivity index (χ0) is 47.5. The third-order valence-electron chi connectivity index (χ3n) is 9.82. The Balaban J connectivity index is 0.00000625. The van der Waals surface area contributed by atoms with Gasteiger partial charge in [0, 0.05) is 61.2 Å². The first kappa shape index (κ1) is 28.3. The van der Waals surface area contributed by atoms with E-state index in [0.29, 0.717) is 29.2 Å². The van der Waals surface area contributed by atoms with Crippen molar-refractivity contribution in [1.82, 2.24) is 4.98 Å². The Morgan fingerprint density at radius 1 is 0.741 bits per heavy atom. The van der Waals surface area contributed by atoms with Crippen molar-refractivity contribution in [3.05, 3.63) is 206 Å². The predicted molar refractivity (Wildman–Crippen MR) is 235 cm³/mol. The number of hydrogen-bond acceptors (Lipinski definition) is 5. The van der Waals surface area contributed by atoms with E-state index in [9.17, 15) is 0 Å². The zero-order valence-electron chi connectivity index (χ0n) is 41.9. The van der Waals surface area contributed by atoms with Gasteiger partial charge in [0.25, 0.3) is 0 Å². The fourth-order valence-corrected chi connectivity index (χ4v) is 7.01. The summed E-state index contributed by atoms with van der Waals surface area (Å²) in [6.07, 6.45) is 11.2. The zero-order valence-corrected chi connectivity index (χ0v) is 34.2. The van der Waals surface area contributed by atoms with Gasteiger partial charge in [0.1, 0.15) is 5.82 Å². The van der Waals surface area contributed by atoms with Crippen molar-refractivity contribution < 1.29 is 39.5 Å². The van der Waals surface area contributed by atoms with Crippen LogP contribution in [0.25, 0.3) is 28.3 Å². The number of fused-ring (bicyclic) bond motifs is 2. The van der Waals surface area contributed by atoms with Crippen LogP contribution in [-0.2, 0) is 26.5 Å². The van der Waals surface area contributed by atoms with Crippen molar-refractivity contribution in [2.24, 2.45) is 0 Å². The van der Waals surface area contributed by atoms with E-state index < -0.39 is 66.5 Å². The van der Waals surface area contributed by atoms with E-state index >= 15 is 0 Å². The van der Waals surface area contributed by atoms with Gasteiger partial charge in [-0.05, 0) is 70.5 Å². The second-order valence-corrected chi connectivity index (χ2v) is 14.6. The largest absolute Gasteiger partial charge is 0.546 e. The van der Waals surface area contributed by atoms with Crippen LogP contribution >= 0.6 is 0 Å². The topological polar surface area (TPSA) is 31.8 Å². The van der Waals surface area contributed by atoms with Gasteiger partial charge in [-0.25, -0.2) is 4.98 Å². The molecule has 1 aromatic heterocycles. The fourth-order valence-electron chi connectivity index (χ4n) is 7.01. The quantitative estimate of drug-likeness (QED) is 0.149. The molecule has 58 heavy (non-hydrogen) atoms. The van der Waals surface area contributed by atoms with Crippen LogP contribution in [0.1, 0.15) is 52.0 Å². The van der Waals surface area contributed by atoms with E-state index in [1.807, 2.05) is 88.9 Å². The third-order valence-corrected chi connectivity index (χ3v) is 9.82. The molecule has 0 saturated carbocycles. The van der Waals surface area contributed by atoms with Gasteiger partial charge < -0.3 is 25.5 Å². The molecule has 0 radical (unpaired) electrons. The molecule has 0 spiro atoms. The second kappa shape index (κ2) is 16.7. The molecule has 0 amide bonds. The van der Waals surface area contributed by atoms with Crippen molar-refractivity contribution in [2.45, 2.75) is 38.7 Å². The van der Waals surface area contributed by atoms with Crippen LogP contribution in [0.15, 0.2) is 176 Å². The first-order valence-electron chi connectivity index (χ1n) is 23.6. The Morgan fingerprint density at radius 2 is 1.38 bits per heavy atom. The summed E-state index contributed by atoms with van der Waals surface area (Å²) in [7, 11) is 0. The van der Waals surface area contributed by atoms with E-state index in [0.717, 1.165) is 22.6 Å². The maximum atomic E-state index is 9.00.